The van der Waals surface area contributed by atoms with E-state index in [-0.39, 0.29) is 0 Å². The third-order valence-corrected chi connectivity index (χ3v) is 3.94. The van der Waals surface area contributed by atoms with E-state index in [1.165, 1.54) is 0 Å². The molecule has 0 aromatic heterocycles. The fourth-order valence-electron chi connectivity index (χ4n) is 2.44. The molecule has 1 atom stereocenters. The Morgan fingerprint density at radius 3 is 2.89 bits per heavy atom. The van der Waals surface area contributed by atoms with Gasteiger partial charge in [0.15, 0.2) is 0 Å². The van der Waals surface area contributed by atoms with Crippen LogP contribution in [-0.2, 0) is 4.79 Å². The lowest BCUT2D eigenvalue weighted by molar-refractivity contribution is -0.143. The first-order valence-corrected chi connectivity index (χ1v) is 6.75. The van der Waals surface area contributed by atoms with Crippen molar-refractivity contribution in [3.8, 4) is 0 Å². The Labute approximate surface area is 115 Å². The highest BCUT2D eigenvalue weighted by atomic mass is 79.9. The second-order valence-electron chi connectivity index (χ2n) is 4.92. The van der Waals surface area contributed by atoms with E-state index >= 15 is 0 Å². The van der Waals surface area contributed by atoms with Crippen LogP contribution in [-0.4, -0.2) is 29.7 Å². The first kappa shape index (κ1) is 13.4. The first-order chi connectivity index (χ1) is 8.42. The summed E-state index contributed by atoms with van der Waals surface area (Å²) in [7, 11) is 0. The van der Waals surface area contributed by atoms with Crippen molar-refractivity contribution < 1.29 is 9.90 Å². The molecule has 4 nitrogen and oxygen atoms in total. The quantitative estimate of drug-likeness (QED) is 0.878. The normalized spacial score (nSPS) is 24.1. The van der Waals surface area contributed by atoms with E-state index in [2.05, 4.69) is 20.8 Å². The number of carboxylic acids is 1. The number of anilines is 1. The predicted octanol–water partition coefficient (Wildman–Crippen LogP) is 2.14. The summed E-state index contributed by atoms with van der Waals surface area (Å²) in [5, 5.41) is 9.22. The Balaban J connectivity index is 2.26. The summed E-state index contributed by atoms with van der Waals surface area (Å²) in [6, 6.07) is 6.01. The highest BCUT2D eigenvalue weighted by molar-refractivity contribution is 9.10. The van der Waals surface area contributed by atoms with Crippen LogP contribution in [0.25, 0.3) is 0 Å². The number of aliphatic carboxylic acids is 1. The monoisotopic (exact) mass is 312 g/mol. The molecule has 98 valence electrons. The number of hydrogen-bond donors (Lipinski definition) is 2. The van der Waals surface area contributed by atoms with Gasteiger partial charge in [0.1, 0.15) is 5.54 Å². The second kappa shape index (κ2) is 4.90. The molecule has 2 rings (SSSR count). The number of piperidine rings is 1. The Bertz CT molecular complexity index is 478. The highest BCUT2D eigenvalue weighted by Gasteiger charge is 2.38. The van der Waals surface area contributed by atoms with E-state index in [4.69, 9.17) is 5.73 Å². The number of hydrogen-bond acceptors (Lipinski definition) is 3. The lowest BCUT2D eigenvalue weighted by Gasteiger charge is -2.39. The Morgan fingerprint density at radius 1 is 1.56 bits per heavy atom. The van der Waals surface area contributed by atoms with Crippen LogP contribution in [0.4, 0.5) is 5.69 Å². The zero-order valence-corrected chi connectivity index (χ0v) is 11.9. The largest absolute Gasteiger partial charge is 0.480 e. The Morgan fingerprint density at radius 2 is 2.28 bits per heavy atom. The van der Waals surface area contributed by atoms with Crippen LogP contribution in [0.15, 0.2) is 22.7 Å². The molecule has 0 radical (unpaired) electrons. The van der Waals surface area contributed by atoms with E-state index in [0.29, 0.717) is 13.0 Å². The van der Waals surface area contributed by atoms with E-state index in [1.807, 2.05) is 25.1 Å². The number of halogens is 1. The first-order valence-electron chi connectivity index (χ1n) is 5.96. The molecule has 1 saturated heterocycles. The van der Waals surface area contributed by atoms with Gasteiger partial charge in [0.25, 0.3) is 0 Å². The molecule has 1 unspecified atom stereocenters. The van der Waals surface area contributed by atoms with Crippen LogP contribution in [0, 0.1) is 6.92 Å². The third-order valence-electron chi connectivity index (χ3n) is 3.45. The van der Waals surface area contributed by atoms with Crippen LogP contribution in [0.5, 0.6) is 0 Å². The van der Waals surface area contributed by atoms with Crippen molar-refractivity contribution in [3.63, 3.8) is 0 Å². The van der Waals surface area contributed by atoms with Gasteiger partial charge in [-0.2, -0.15) is 0 Å². The SMILES string of the molecule is Cc1cc(Br)ccc1N1CCCC(N)(C(=O)O)C1. The van der Waals surface area contributed by atoms with Gasteiger partial charge in [0.05, 0.1) is 0 Å². The number of benzene rings is 1. The molecule has 1 aromatic carbocycles. The number of aryl methyl sites for hydroxylation is 1. The standard InChI is InChI=1S/C13H17BrN2O2/c1-9-7-10(14)3-4-11(9)16-6-2-5-13(15,8-16)12(17)18/h3-4,7H,2,5-6,8,15H2,1H3,(H,17,18). The fourth-order valence-corrected chi connectivity index (χ4v) is 2.91. The van der Waals surface area contributed by atoms with Crippen molar-refractivity contribution in [2.24, 2.45) is 5.73 Å². The van der Waals surface area contributed by atoms with Crippen LogP contribution in [0.2, 0.25) is 0 Å². The van der Waals surface area contributed by atoms with Gasteiger partial charge in [0, 0.05) is 23.2 Å². The van der Waals surface area contributed by atoms with Gasteiger partial charge in [0.2, 0.25) is 0 Å². The molecule has 0 bridgehead atoms. The molecule has 1 aliphatic rings. The summed E-state index contributed by atoms with van der Waals surface area (Å²) in [6.07, 6.45) is 1.34. The van der Waals surface area contributed by atoms with Gasteiger partial charge in [-0.25, -0.2) is 0 Å². The zero-order valence-electron chi connectivity index (χ0n) is 10.3. The molecule has 1 heterocycles. The van der Waals surface area contributed by atoms with Gasteiger partial charge in [-0.15, -0.1) is 0 Å². The van der Waals surface area contributed by atoms with Crippen LogP contribution < -0.4 is 10.6 Å². The van der Waals surface area contributed by atoms with E-state index in [1.54, 1.807) is 0 Å². The summed E-state index contributed by atoms with van der Waals surface area (Å²) in [6.45, 7) is 3.24. The average Bonchev–Trinajstić information content (AvgIpc) is 2.28. The summed E-state index contributed by atoms with van der Waals surface area (Å²) >= 11 is 3.43. The third kappa shape index (κ3) is 2.52. The Kier molecular flexibility index (Phi) is 3.64. The molecule has 1 aromatic rings. The van der Waals surface area contributed by atoms with Gasteiger partial charge in [-0.1, -0.05) is 15.9 Å². The maximum Gasteiger partial charge on any atom is 0.325 e. The molecule has 0 aliphatic carbocycles. The van der Waals surface area contributed by atoms with E-state index in [0.717, 1.165) is 28.7 Å². The second-order valence-corrected chi connectivity index (χ2v) is 5.83. The van der Waals surface area contributed by atoms with Crippen molar-refractivity contribution in [2.75, 3.05) is 18.0 Å². The van der Waals surface area contributed by atoms with Gasteiger partial charge in [-0.05, 0) is 43.5 Å². The summed E-state index contributed by atoms with van der Waals surface area (Å²) < 4.78 is 1.03. The number of nitrogens with two attached hydrogens (primary N) is 1. The van der Waals surface area contributed by atoms with Crippen LogP contribution in [0.3, 0.4) is 0 Å². The summed E-state index contributed by atoms with van der Waals surface area (Å²) in [5.74, 6) is -0.915. The average molecular weight is 313 g/mol. The molecule has 0 amide bonds. The Hall–Kier alpha value is -1.07. The summed E-state index contributed by atoms with van der Waals surface area (Å²) in [4.78, 5) is 13.3. The molecule has 5 heteroatoms. The minimum atomic E-state index is -1.13. The van der Waals surface area contributed by atoms with Gasteiger partial charge < -0.3 is 15.7 Å². The minimum Gasteiger partial charge on any atom is -0.480 e. The molecule has 1 aliphatic heterocycles. The molecule has 0 saturated carbocycles. The van der Waals surface area contributed by atoms with Crippen LogP contribution in [0.1, 0.15) is 18.4 Å². The number of nitrogens with zero attached hydrogens (tertiary/aromatic N) is 1. The van der Waals surface area contributed by atoms with Crippen molar-refractivity contribution >= 4 is 27.6 Å². The van der Waals surface area contributed by atoms with Gasteiger partial charge >= 0.3 is 5.97 Å². The van der Waals surface area contributed by atoms with Gasteiger partial charge in [-0.3, -0.25) is 4.79 Å². The maximum atomic E-state index is 11.2. The molecule has 1 fully saturated rings. The van der Waals surface area contributed by atoms with Crippen molar-refractivity contribution in [3.05, 3.63) is 28.2 Å². The number of carboxylic acid groups (broad SMARTS) is 1. The van der Waals surface area contributed by atoms with E-state index < -0.39 is 11.5 Å². The van der Waals surface area contributed by atoms with Crippen LogP contribution >= 0.6 is 15.9 Å². The predicted molar refractivity (Wildman–Crippen MR) is 74.9 cm³/mol. The lowest BCUT2D eigenvalue weighted by Crippen LogP contribution is -2.59. The maximum absolute atomic E-state index is 11.2. The molecular weight excluding hydrogens is 296 g/mol. The highest BCUT2D eigenvalue weighted by Crippen LogP contribution is 2.29. The molecule has 0 spiro atoms. The number of carbonyl (C=O) groups is 1. The lowest BCUT2D eigenvalue weighted by atomic mass is 9.89. The smallest absolute Gasteiger partial charge is 0.325 e. The molecule has 18 heavy (non-hydrogen) atoms. The summed E-state index contributed by atoms with van der Waals surface area (Å²) in [5.41, 5.74) is 7.02. The molecule has 3 N–H and O–H groups in total. The van der Waals surface area contributed by atoms with Crippen molar-refractivity contribution in [2.45, 2.75) is 25.3 Å². The fraction of sp³-hybridized carbons (Fsp3) is 0.462. The topological polar surface area (TPSA) is 66.6 Å². The van der Waals surface area contributed by atoms with Crippen molar-refractivity contribution in [1.82, 2.24) is 0 Å². The van der Waals surface area contributed by atoms with Crippen molar-refractivity contribution in [1.29, 1.82) is 0 Å². The minimum absolute atomic E-state index is 0.366. The number of rotatable bonds is 2. The van der Waals surface area contributed by atoms with E-state index in [9.17, 15) is 9.90 Å². The zero-order chi connectivity index (χ0) is 13.3. The molecular formula is C13H17BrN2O2.